The van der Waals surface area contributed by atoms with Crippen molar-refractivity contribution in [2.45, 2.75) is 31.5 Å². The molecule has 3 nitrogen and oxygen atoms in total. The number of hydrogen-bond donors (Lipinski definition) is 0. The van der Waals surface area contributed by atoms with Gasteiger partial charge in [-0.2, -0.15) is 0 Å². The summed E-state index contributed by atoms with van der Waals surface area (Å²) in [6.07, 6.45) is 2.93. The number of fused-ring (bicyclic) bond motifs is 1. The zero-order valence-electron chi connectivity index (χ0n) is 6.41. The highest BCUT2D eigenvalue weighted by Crippen LogP contribution is 2.23. The van der Waals surface area contributed by atoms with Gasteiger partial charge in [0.1, 0.15) is 6.61 Å². The first-order chi connectivity index (χ1) is 5.36. The summed E-state index contributed by atoms with van der Waals surface area (Å²) < 4.78 is 10.7. The number of ketones is 1. The zero-order valence-corrected chi connectivity index (χ0v) is 6.41. The number of rotatable bonds is 0. The van der Waals surface area contributed by atoms with E-state index in [1.54, 1.807) is 0 Å². The summed E-state index contributed by atoms with van der Waals surface area (Å²) in [6, 6.07) is 0. The number of carbonyl (C=O) groups is 1. The van der Waals surface area contributed by atoms with E-state index in [0.29, 0.717) is 13.0 Å². The molecule has 0 amide bonds. The van der Waals surface area contributed by atoms with Gasteiger partial charge in [0.25, 0.3) is 0 Å². The molecule has 2 heterocycles. The zero-order chi connectivity index (χ0) is 7.68. The van der Waals surface area contributed by atoms with E-state index in [0.717, 1.165) is 19.4 Å². The highest BCUT2D eigenvalue weighted by molar-refractivity contribution is 5.80. The van der Waals surface area contributed by atoms with Gasteiger partial charge in [-0.1, -0.05) is 0 Å². The molecule has 62 valence electrons. The van der Waals surface area contributed by atoms with E-state index in [4.69, 9.17) is 9.47 Å². The fourth-order valence-electron chi connectivity index (χ4n) is 1.68. The smallest absolute Gasteiger partial charge is 0.161 e. The fraction of sp³-hybridized carbons (Fsp3) is 0.875. The van der Waals surface area contributed by atoms with Gasteiger partial charge in [-0.3, -0.25) is 4.79 Å². The van der Waals surface area contributed by atoms with Crippen LogP contribution in [0, 0.1) is 0 Å². The second kappa shape index (κ2) is 2.91. The lowest BCUT2D eigenvalue weighted by Gasteiger charge is -2.34. The average Bonchev–Trinajstić information content (AvgIpc) is 2.04. The highest BCUT2D eigenvalue weighted by atomic mass is 16.5. The van der Waals surface area contributed by atoms with Crippen LogP contribution in [0.15, 0.2) is 0 Å². The lowest BCUT2D eigenvalue weighted by atomic mass is 9.98. The Morgan fingerprint density at radius 1 is 1.27 bits per heavy atom. The van der Waals surface area contributed by atoms with E-state index < -0.39 is 0 Å². The lowest BCUT2D eigenvalue weighted by Crippen LogP contribution is -2.43. The van der Waals surface area contributed by atoms with Crippen LogP contribution in [0.1, 0.15) is 19.3 Å². The maximum absolute atomic E-state index is 10.9. The third kappa shape index (κ3) is 1.44. The van der Waals surface area contributed by atoms with Crippen molar-refractivity contribution in [2.75, 3.05) is 13.2 Å². The van der Waals surface area contributed by atoms with E-state index in [1.165, 1.54) is 0 Å². The number of Topliss-reactive ketones (excluding diaryl/α,β-unsaturated/α-hetero) is 1. The molecule has 2 atom stereocenters. The van der Waals surface area contributed by atoms with Crippen molar-refractivity contribution in [2.24, 2.45) is 0 Å². The van der Waals surface area contributed by atoms with Gasteiger partial charge in [0.2, 0.25) is 0 Å². The molecule has 11 heavy (non-hydrogen) atoms. The minimum atomic E-state index is 0.0602. The lowest BCUT2D eigenvalue weighted by molar-refractivity contribution is -0.158. The Morgan fingerprint density at radius 3 is 3.09 bits per heavy atom. The summed E-state index contributed by atoms with van der Waals surface area (Å²) >= 11 is 0. The monoisotopic (exact) mass is 156 g/mol. The molecule has 3 heteroatoms. The molecule has 0 aromatic carbocycles. The first-order valence-electron chi connectivity index (χ1n) is 4.11. The first-order valence-corrected chi connectivity index (χ1v) is 4.11. The Hall–Kier alpha value is -0.410. The van der Waals surface area contributed by atoms with E-state index in [9.17, 15) is 4.79 Å². The minimum absolute atomic E-state index is 0.0602. The second-order valence-electron chi connectivity index (χ2n) is 3.14. The van der Waals surface area contributed by atoms with Crippen LogP contribution in [0.2, 0.25) is 0 Å². The van der Waals surface area contributed by atoms with Crippen molar-refractivity contribution in [3.8, 4) is 0 Å². The van der Waals surface area contributed by atoms with Gasteiger partial charge in [0.05, 0.1) is 12.2 Å². The summed E-state index contributed by atoms with van der Waals surface area (Å²) in [4.78, 5) is 10.9. The molecule has 0 spiro atoms. The molecule has 2 aliphatic heterocycles. The summed E-state index contributed by atoms with van der Waals surface area (Å²) in [5, 5.41) is 0. The molecule has 2 fully saturated rings. The predicted octanol–water partition coefficient (Wildman–Crippen LogP) is 0.523. The van der Waals surface area contributed by atoms with Crippen LogP contribution < -0.4 is 0 Å². The maximum atomic E-state index is 10.9. The highest BCUT2D eigenvalue weighted by Gasteiger charge is 2.32. The predicted molar refractivity (Wildman–Crippen MR) is 38.3 cm³/mol. The molecular formula is C8H12O3. The molecule has 0 N–H and O–H groups in total. The van der Waals surface area contributed by atoms with Crippen molar-refractivity contribution in [1.29, 1.82) is 0 Å². The van der Waals surface area contributed by atoms with Crippen LogP contribution in [-0.2, 0) is 14.3 Å². The molecule has 0 unspecified atom stereocenters. The van der Waals surface area contributed by atoms with E-state index in [1.807, 2.05) is 0 Å². The Balaban J connectivity index is 1.98. The third-order valence-electron chi connectivity index (χ3n) is 2.27. The second-order valence-corrected chi connectivity index (χ2v) is 3.14. The molecule has 2 saturated heterocycles. The largest absolute Gasteiger partial charge is 0.375 e. The molecule has 0 aliphatic carbocycles. The standard InChI is InChI=1S/C8H12O3/c9-6-4-8-7(11-5-6)2-1-3-10-8/h7-8H,1-5H2/t7-,8+/m0/s1. The van der Waals surface area contributed by atoms with Gasteiger partial charge in [-0.05, 0) is 12.8 Å². The Kier molecular flexibility index (Phi) is 1.92. The summed E-state index contributed by atoms with van der Waals surface area (Å²) in [5.74, 6) is 0.174. The molecular weight excluding hydrogens is 144 g/mol. The molecule has 0 saturated carbocycles. The maximum Gasteiger partial charge on any atom is 0.161 e. The molecule has 0 aromatic rings. The Bertz CT molecular complexity index is 167. The van der Waals surface area contributed by atoms with Crippen molar-refractivity contribution in [1.82, 2.24) is 0 Å². The van der Waals surface area contributed by atoms with Crippen LogP contribution in [-0.4, -0.2) is 31.2 Å². The summed E-state index contributed by atoms with van der Waals surface area (Å²) in [6.45, 7) is 1.09. The van der Waals surface area contributed by atoms with Crippen LogP contribution in [0.5, 0.6) is 0 Å². The number of ether oxygens (including phenoxy) is 2. The van der Waals surface area contributed by atoms with Crippen LogP contribution >= 0.6 is 0 Å². The minimum Gasteiger partial charge on any atom is -0.375 e. The first kappa shape index (κ1) is 7.25. The van der Waals surface area contributed by atoms with Crippen molar-refractivity contribution >= 4 is 5.78 Å². The Morgan fingerprint density at radius 2 is 2.18 bits per heavy atom. The van der Waals surface area contributed by atoms with Crippen molar-refractivity contribution in [3.63, 3.8) is 0 Å². The fourth-order valence-corrected chi connectivity index (χ4v) is 1.68. The summed E-state index contributed by atoms with van der Waals surface area (Å²) in [5.41, 5.74) is 0. The Labute approximate surface area is 65.7 Å². The molecule has 0 radical (unpaired) electrons. The van der Waals surface area contributed by atoms with Crippen LogP contribution in [0.25, 0.3) is 0 Å². The van der Waals surface area contributed by atoms with Gasteiger partial charge < -0.3 is 9.47 Å². The summed E-state index contributed by atoms with van der Waals surface area (Å²) in [7, 11) is 0. The SMILES string of the molecule is O=C1CO[C@H]2CCCO[C@@H]2C1. The molecule has 2 aliphatic rings. The van der Waals surface area contributed by atoms with Crippen LogP contribution in [0.3, 0.4) is 0 Å². The van der Waals surface area contributed by atoms with Gasteiger partial charge in [-0.15, -0.1) is 0 Å². The number of hydrogen-bond acceptors (Lipinski definition) is 3. The molecule has 0 aromatic heterocycles. The topological polar surface area (TPSA) is 35.5 Å². The van der Waals surface area contributed by atoms with Gasteiger partial charge in [0.15, 0.2) is 5.78 Å². The van der Waals surface area contributed by atoms with Gasteiger partial charge in [0, 0.05) is 13.0 Å². The third-order valence-corrected chi connectivity index (χ3v) is 2.27. The molecule has 0 bridgehead atoms. The van der Waals surface area contributed by atoms with E-state index in [2.05, 4.69) is 0 Å². The van der Waals surface area contributed by atoms with Gasteiger partial charge in [-0.25, -0.2) is 0 Å². The molecule has 2 rings (SSSR count). The van der Waals surface area contributed by atoms with E-state index in [-0.39, 0.29) is 18.0 Å². The van der Waals surface area contributed by atoms with Crippen molar-refractivity contribution in [3.05, 3.63) is 0 Å². The van der Waals surface area contributed by atoms with E-state index >= 15 is 0 Å². The number of carbonyl (C=O) groups excluding carboxylic acids is 1. The quantitative estimate of drug-likeness (QED) is 0.513. The van der Waals surface area contributed by atoms with Gasteiger partial charge >= 0.3 is 0 Å². The average molecular weight is 156 g/mol. The van der Waals surface area contributed by atoms with Crippen LogP contribution in [0.4, 0.5) is 0 Å². The normalized spacial score (nSPS) is 38.4. The van der Waals surface area contributed by atoms with Crippen molar-refractivity contribution < 1.29 is 14.3 Å².